The third-order valence-corrected chi connectivity index (χ3v) is 11.6. The van der Waals surface area contributed by atoms with Gasteiger partial charge in [-0.1, -0.05) is 115 Å². The fraction of sp³-hybridized carbons (Fsp3) is 0.0204. The highest BCUT2D eigenvalue weighted by atomic mass is 16.3. The highest BCUT2D eigenvalue weighted by molar-refractivity contribution is 6.13. The number of hydrogen-bond acceptors (Lipinski definition) is 3. The average Bonchev–Trinajstić information content (AvgIpc) is 3.83. The molecule has 0 bridgehead atoms. The fourth-order valence-electron chi connectivity index (χ4n) is 9.42. The van der Waals surface area contributed by atoms with Crippen LogP contribution in [0.1, 0.15) is 33.4 Å². The topological polar surface area (TPSA) is 43.9 Å². The van der Waals surface area contributed by atoms with Crippen molar-refractivity contribution in [1.29, 1.82) is 0 Å². The summed E-state index contributed by atoms with van der Waals surface area (Å²) in [5.74, 6) is 0.878. The number of furan rings is 1. The van der Waals surface area contributed by atoms with Gasteiger partial charge in [0.05, 0.1) is 22.6 Å². The Morgan fingerprint density at radius 3 is 2.23 bits per heavy atom. The van der Waals surface area contributed by atoms with Crippen molar-refractivity contribution in [2.24, 2.45) is 0 Å². The first-order chi connectivity index (χ1) is 26.3. The summed E-state index contributed by atoms with van der Waals surface area (Å²) in [5, 5.41) is 4.61. The summed E-state index contributed by atoms with van der Waals surface area (Å²) in [6.07, 6.45) is 10.2. The number of rotatable bonds is 2. The summed E-state index contributed by atoms with van der Waals surface area (Å²) in [6, 6.07) is 52.9. The Morgan fingerprint density at radius 1 is 0.509 bits per heavy atom. The summed E-state index contributed by atoms with van der Waals surface area (Å²) >= 11 is 0. The van der Waals surface area contributed by atoms with Crippen LogP contribution in [0, 0.1) is 0 Å². The van der Waals surface area contributed by atoms with E-state index in [1.165, 1.54) is 55.5 Å². The zero-order valence-electron chi connectivity index (χ0n) is 28.5. The smallest absolute Gasteiger partial charge is 0.143 e. The van der Waals surface area contributed by atoms with Crippen molar-refractivity contribution < 1.29 is 4.42 Å². The second kappa shape index (κ2) is 10.5. The first-order valence-corrected chi connectivity index (χ1v) is 18.1. The molecule has 10 aromatic rings. The van der Waals surface area contributed by atoms with E-state index in [9.17, 15) is 0 Å². The van der Waals surface area contributed by atoms with Crippen LogP contribution in [0.15, 0.2) is 169 Å². The predicted octanol–water partition coefficient (Wildman–Crippen LogP) is 12.0. The molecule has 12 rings (SSSR count). The largest absolute Gasteiger partial charge is 0.455 e. The SMILES string of the molecule is C1=Cc2ccc(-c3ccc4c(c3)c3ccncc3n4-c3ccccn3)cc2C2(c3ccccc31)c1ccccc1-c1c2ccc2c1oc1ccccc12. The number of fused-ring (bicyclic) bond motifs is 16. The molecule has 6 aromatic carbocycles. The maximum Gasteiger partial charge on any atom is 0.143 e. The summed E-state index contributed by atoms with van der Waals surface area (Å²) in [6.45, 7) is 0. The van der Waals surface area contributed by atoms with E-state index in [0.29, 0.717) is 0 Å². The molecule has 1 atom stereocenters. The van der Waals surface area contributed by atoms with E-state index < -0.39 is 5.41 Å². The van der Waals surface area contributed by atoms with Crippen molar-refractivity contribution in [3.8, 4) is 28.1 Å². The van der Waals surface area contributed by atoms with Crippen LogP contribution >= 0.6 is 0 Å². The second-order valence-electron chi connectivity index (χ2n) is 14.1. The van der Waals surface area contributed by atoms with Crippen molar-refractivity contribution in [3.63, 3.8) is 0 Å². The van der Waals surface area contributed by atoms with Gasteiger partial charge in [-0.15, -0.1) is 0 Å². The predicted molar refractivity (Wildman–Crippen MR) is 215 cm³/mol. The number of hydrogen-bond donors (Lipinski definition) is 0. The molecule has 0 saturated carbocycles. The first kappa shape index (κ1) is 28.6. The Bertz CT molecular complexity index is 3180. The van der Waals surface area contributed by atoms with Gasteiger partial charge in [0.15, 0.2) is 0 Å². The minimum absolute atomic E-state index is 0.574. The minimum Gasteiger partial charge on any atom is -0.455 e. The van der Waals surface area contributed by atoms with Crippen molar-refractivity contribution in [3.05, 3.63) is 198 Å². The standard InChI is InChI=1S/C49H29N3O/c1-4-12-39-30(9-1)16-17-31-18-19-33(32-20-23-43-38(27-32)34-24-26-50-29-44(34)52(43)46-15-7-8-25-51-46)28-42(31)49(39)40-13-5-2-11-37(40)47-41(49)22-21-36-35-10-3-6-14-45(35)53-48(36)47/h1-29H. The number of nitrogens with zero attached hydrogens (tertiary/aromatic N) is 3. The lowest BCUT2D eigenvalue weighted by atomic mass is 9.65. The summed E-state index contributed by atoms with van der Waals surface area (Å²) in [4.78, 5) is 9.21. The van der Waals surface area contributed by atoms with Crippen molar-refractivity contribution >= 4 is 55.9 Å². The molecule has 2 aliphatic carbocycles. The van der Waals surface area contributed by atoms with E-state index >= 15 is 0 Å². The quantitative estimate of drug-likeness (QED) is 0.183. The van der Waals surface area contributed by atoms with Crippen molar-refractivity contribution in [2.45, 2.75) is 5.41 Å². The van der Waals surface area contributed by atoms with Gasteiger partial charge in [-0.3, -0.25) is 9.55 Å². The molecular weight excluding hydrogens is 647 g/mol. The molecule has 53 heavy (non-hydrogen) atoms. The van der Waals surface area contributed by atoms with Gasteiger partial charge in [0.2, 0.25) is 0 Å². The third-order valence-electron chi connectivity index (χ3n) is 11.6. The Morgan fingerprint density at radius 2 is 1.30 bits per heavy atom. The Balaban J connectivity index is 1.15. The van der Waals surface area contributed by atoms with Crippen molar-refractivity contribution in [2.75, 3.05) is 0 Å². The molecule has 4 heterocycles. The molecule has 1 spiro atoms. The molecule has 0 fully saturated rings. The fourth-order valence-corrected chi connectivity index (χ4v) is 9.42. The van der Waals surface area contributed by atoms with Crippen LogP contribution in [0.3, 0.4) is 0 Å². The van der Waals surface area contributed by atoms with Crippen LogP contribution in [0.4, 0.5) is 0 Å². The molecule has 0 saturated heterocycles. The summed E-state index contributed by atoms with van der Waals surface area (Å²) in [5.41, 5.74) is 15.6. The molecule has 0 amide bonds. The molecule has 4 nitrogen and oxygen atoms in total. The van der Waals surface area contributed by atoms with E-state index in [4.69, 9.17) is 9.40 Å². The molecule has 0 N–H and O–H groups in total. The van der Waals surface area contributed by atoms with Gasteiger partial charge in [-0.25, -0.2) is 4.98 Å². The average molecular weight is 676 g/mol. The number of benzene rings is 6. The van der Waals surface area contributed by atoms with Crippen LogP contribution in [-0.2, 0) is 5.41 Å². The Labute approximate surface area is 304 Å². The minimum atomic E-state index is -0.574. The molecule has 0 radical (unpaired) electrons. The van der Waals surface area contributed by atoms with Gasteiger partial charge >= 0.3 is 0 Å². The van der Waals surface area contributed by atoms with Gasteiger partial charge in [0, 0.05) is 39.5 Å². The monoisotopic (exact) mass is 675 g/mol. The van der Waals surface area contributed by atoms with E-state index in [1.807, 2.05) is 36.8 Å². The van der Waals surface area contributed by atoms with E-state index in [-0.39, 0.29) is 0 Å². The van der Waals surface area contributed by atoms with Crippen LogP contribution in [-0.4, -0.2) is 14.5 Å². The molecule has 4 aromatic heterocycles. The zero-order valence-corrected chi connectivity index (χ0v) is 28.5. The molecular formula is C49H29N3O. The van der Waals surface area contributed by atoms with Gasteiger partial charge < -0.3 is 4.42 Å². The highest BCUT2D eigenvalue weighted by Gasteiger charge is 2.49. The molecule has 4 heteroatoms. The van der Waals surface area contributed by atoms with Crippen LogP contribution in [0.5, 0.6) is 0 Å². The molecule has 2 aliphatic rings. The van der Waals surface area contributed by atoms with Crippen LogP contribution in [0.2, 0.25) is 0 Å². The normalized spacial score (nSPS) is 15.5. The maximum atomic E-state index is 6.77. The summed E-state index contributed by atoms with van der Waals surface area (Å²) in [7, 11) is 0. The summed E-state index contributed by atoms with van der Waals surface area (Å²) < 4.78 is 8.98. The third kappa shape index (κ3) is 3.74. The Hall–Kier alpha value is -7.04. The first-order valence-electron chi connectivity index (χ1n) is 18.1. The second-order valence-corrected chi connectivity index (χ2v) is 14.1. The number of aromatic nitrogens is 3. The highest BCUT2D eigenvalue weighted by Crippen LogP contribution is 2.60. The van der Waals surface area contributed by atoms with E-state index in [1.54, 1.807) is 0 Å². The molecule has 246 valence electrons. The van der Waals surface area contributed by atoms with Gasteiger partial charge in [-0.2, -0.15) is 0 Å². The lowest BCUT2D eigenvalue weighted by Crippen LogP contribution is -2.30. The van der Waals surface area contributed by atoms with Gasteiger partial charge in [-0.05, 0) is 92.5 Å². The number of pyridine rings is 2. The lowest BCUT2D eigenvalue weighted by Gasteiger charge is -2.35. The molecule has 0 aliphatic heterocycles. The number of para-hydroxylation sites is 1. The Kier molecular flexibility index (Phi) is 5.67. The van der Waals surface area contributed by atoms with Crippen LogP contribution < -0.4 is 0 Å². The van der Waals surface area contributed by atoms with Crippen LogP contribution in [0.25, 0.3) is 84.0 Å². The lowest BCUT2D eigenvalue weighted by molar-refractivity contribution is 0.669. The molecule has 1 unspecified atom stereocenters. The van der Waals surface area contributed by atoms with Gasteiger partial charge in [0.25, 0.3) is 0 Å². The van der Waals surface area contributed by atoms with Gasteiger partial charge in [0.1, 0.15) is 17.0 Å². The zero-order chi connectivity index (χ0) is 34.7. The van der Waals surface area contributed by atoms with E-state index in [2.05, 4.69) is 149 Å². The van der Waals surface area contributed by atoms with Crippen molar-refractivity contribution in [1.82, 2.24) is 14.5 Å². The van der Waals surface area contributed by atoms with E-state index in [0.717, 1.165) is 49.7 Å². The maximum absolute atomic E-state index is 6.77.